The van der Waals surface area contributed by atoms with E-state index in [1.54, 1.807) is 11.8 Å². The first-order valence-electron chi connectivity index (χ1n) is 5.87. The number of benzene rings is 1. The van der Waals surface area contributed by atoms with E-state index >= 15 is 0 Å². The van der Waals surface area contributed by atoms with E-state index in [9.17, 15) is 4.79 Å². The fourth-order valence-corrected chi connectivity index (χ4v) is 3.33. The van der Waals surface area contributed by atoms with Crippen molar-refractivity contribution < 1.29 is 9.53 Å². The third-order valence-electron chi connectivity index (χ3n) is 2.80. The van der Waals surface area contributed by atoms with Gasteiger partial charge in [0, 0.05) is 12.3 Å². The molecule has 3 nitrogen and oxygen atoms in total. The molecule has 0 aliphatic carbocycles. The van der Waals surface area contributed by atoms with Crippen LogP contribution >= 0.6 is 11.8 Å². The molecular formula is C13H17NO2S. The minimum atomic E-state index is -0.298. The molecule has 0 radical (unpaired) electrons. The Morgan fingerprint density at radius 1 is 1.47 bits per heavy atom. The van der Waals surface area contributed by atoms with Crippen molar-refractivity contribution in [3.63, 3.8) is 0 Å². The Morgan fingerprint density at radius 3 is 2.82 bits per heavy atom. The van der Waals surface area contributed by atoms with Gasteiger partial charge in [-0.3, -0.25) is 10.1 Å². The van der Waals surface area contributed by atoms with Crippen LogP contribution < -0.4 is 5.32 Å². The molecular weight excluding hydrogens is 234 g/mol. The van der Waals surface area contributed by atoms with E-state index in [1.807, 2.05) is 25.1 Å². The van der Waals surface area contributed by atoms with Crippen LogP contribution in [0, 0.1) is 0 Å². The molecule has 92 valence electrons. The Labute approximate surface area is 106 Å². The molecule has 2 rings (SSSR count). The van der Waals surface area contributed by atoms with Gasteiger partial charge in [-0.15, -0.1) is 11.8 Å². The van der Waals surface area contributed by atoms with Crippen molar-refractivity contribution in [1.82, 2.24) is 5.32 Å². The molecule has 1 atom stereocenters. The molecule has 0 saturated carbocycles. The second kappa shape index (κ2) is 5.56. The van der Waals surface area contributed by atoms with Gasteiger partial charge in [-0.25, -0.2) is 0 Å². The van der Waals surface area contributed by atoms with Crippen molar-refractivity contribution in [3.05, 3.63) is 35.9 Å². The van der Waals surface area contributed by atoms with E-state index in [0.29, 0.717) is 13.0 Å². The van der Waals surface area contributed by atoms with Gasteiger partial charge >= 0.3 is 5.97 Å². The van der Waals surface area contributed by atoms with Gasteiger partial charge in [0.15, 0.2) is 0 Å². The molecule has 0 spiro atoms. The van der Waals surface area contributed by atoms with Crippen molar-refractivity contribution in [1.29, 1.82) is 0 Å². The van der Waals surface area contributed by atoms with E-state index < -0.39 is 0 Å². The molecule has 1 saturated heterocycles. The largest absolute Gasteiger partial charge is 0.466 e. The molecule has 0 aromatic heterocycles. The van der Waals surface area contributed by atoms with Crippen LogP contribution in [0.3, 0.4) is 0 Å². The maximum atomic E-state index is 11.7. The van der Waals surface area contributed by atoms with Gasteiger partial charge in [0.1, 0.15) is 4.87 Å². The summed E-state index contributed by atoms with van der Waals surface area (Å²) in [7, 11) is 0. The monoisotopic (exact) mass is 251 g/mol. The summed E-state index contributed by atoms with van der Waals surface area (Å²) in [6.07, 6.45) is 0.384. The van der Waals surface area contributed by atoms with Gasteiger partial charge in [-0.05, 0) is 12.5 Å². The lowest BCUT2D eigenvalue weighted by molar-refractivity contribution is -0.144. The lowest BCUT2D eigenvalue weighted by Crippen LogP contribution is -2.37. The lowest BCUT2D eigenvalue weighted by atomic mass is 10.0. The Morgan fingerprint density at radius 2 is 2.24 bits per heavy atom. The predicted molar refractivity (Wildman–Crippen MR) is 69.8 cm³/mol. The van der Waals surface area contributed by atoms with E-state index in [2.05, 4.69) is 17.4 Å². The minimum Gasteiger partial charge on any atom is -0.466 e. The average Bonchev–Trinajstić information content (AvgIpc) is 2.80. The van der Waals surface area contributed by atoms with E-state index in [-0.39, 0.29) is 10.8 Å². The summed E-state index contributed by atoms with van der Waals surface area (Å²) in [6.45, 7) is 3.20. The van der Waals surface area contributed by atoms with Gasteiger partial charge in [0.05, 0.1) is 13.0 Å². The summed E-state index contributed by atoms with van der Waals surface area (Å²) in [5, 5.41) is 3.44. The van der Waals surface area contributed by atoms with Crippen LogP contribution in [0.5, 0.6) is 0 Å². The number of carbonyl (C=O) groups excluding carboxylic acids is 1. The zero-order valence-electron chi connectivity index (χ0n) is 9.94. The summed E-state index contributed by atoms with van der Waals surface area (Å²) in [4.78, 5) is 11.4. The van der Waals surface area contributed by atoms with Gasteiger partial charge < -0.3 is 4.74 Å². The van der Waals surface area contributed by atoms with E-state index in [1.165, 1.54) is 0 Å². The van der Waals surface area contributed by atoms with Crippen LogP contribution in [0.15, 0.2) is 30.3 Å². The van der Waals surface area contributed by atoms with E-state index in [0.717, 1.165) is 17.9 Å². The highest BCUT2D eigenvalue weighted by Crippen LogP contribution is 2.40. The second-order valence-corrected chi connectivity index (χ2v) is 5.34. The Balaban J connectivity index is 2.18. The van der Waals surface area contributed by atoms with Gasteiger partial charge in [0.2, 0.25) is 0 Å². The number of ether oxygens (including phenoxy) is 1. The quantitative estimate of drug-likeness (QED) is 0.832. The maximum absolute atomic E-state index is 11.7. The summed E-state index contributed by atoms with van der Waals surface area (Å²) in [5.41, 5.74) is 1.15. The van der Waals surface area contributed by atoms with Crippen LogP contribution in [-0.2, 0) is 14.4 Å². The third kappa shape index (κ3) is 2.82. The number of hydrogen-bond acceptors (Lipinski definition) is 4. The van der Waals surface area contributed by atoms with Crippen molar-refractivity contribution in [2.75, 3.05) is 18.9 Å². The molecule has 1 heterocycles. The van der Waals surface area contributed by atoms with Crippen molar-refractivity contribution in [3.8, 4) is 0 Å². The lowest BCUT2D eigenvalue weighted by Gasteiger charge is -2.28. The van der Waals surface area contributed by atoms with Gasteiger partial charge in [-0.2, -0.15) is 0 Å². The predicted octanol–water partition coefficient (Wildman–Crippen LogP) is 2.13. The van der Waals surface area contributed by atoms with Crippen LogP contribution in [-0.4, -0.2) is 24.9 Å². The minimum absolute atomic E-state index is 0.141. The molecule has 0 unspecified atom stereocenters. The number of thioether (sulfide) groups is 1. The summed E-state index contributed by atoms with van der Waals surface area (Å²) >= 11 is 1.79. The Hall–Kier alpha value is -1.00. The molecule has 17 heavy (non-hydrogen) atoms. The first kappa shape index (κ1) is 12.5. The van der Waals surface area contributed by atoms with Crippen molar-refractivity contribution in [2.24, 2.45) is 0 Å². The standard InChI is InChI=1S/C13H17NO2S/c1-2-16-12(15)10-13(14-8-9-17-13)11-6-4-3-5-7-11/h3-7,14H,2,8-10H2,1H3/t13-/m1/s1. The normalized spacial score (nSPS) is 23.6. The Bertz CT molecular complexity index is 374. The Kier molecular flexibility index (Phi) is 4.07. The van der Waals surface area contributed by atoms with E-state index in [4.69, 9.17) is 4.74 Å². The molecule has 0 bridgehead atoms. The summed E-state index contributed by atoms with van der Waals surface area (Å²) < 4.78 is 5.06. The van der Waals surface area contributed by atoms with Crippen molar-refractivity contribution >= 4 is 17.7 Å². The fraction of sp³-hybridized carbons (Fsp3) is 0.462. The van der Waals surface area contributed by atoms with Crippen LogP contribution in [0.1, 0.15) is 18.9 Å². The number of esters is 1. The smallest absolute Gasteiger partial charge is 0.308 e. The molecule has 1 aliphatic heterocycles. The molecule has 1 aromatic carbocycles. The first-order valence-corrected chi connectivity index (χ1v) is 6.85. The highest BCUT2D eigenvalue weighted by Gasteiger charge is 2.38. The number of rotatable bonds is 4. The molecule has 1 N–H and O–H groups in total. The number of hydrogen-bond donors (Lipinski definition) is 1. The highest BCUT2D eigenvalue weighted by atomic mass is 32.2. The zero-order valence-corrected chi connectivity index (χ0v) is 10.8. The molecule has 1 aromatic rings. The first-order chi connectivity index (χ1) is 8.27. The average molecular weight is 251 g/mol. The molecule has 1 fully saturated rings. The topological polar surface area (TPSA) is 38.3 Å². The molecule has 4 heteroatoms. The SMILES string of the molecule is CCOC(=O)C[C@@]1(c2ccccc2)NCCS1. The third-order valence-corrected chi connectivity index (χ3v) is 4.23. The number of nitrogens with one attached hydrogen (secondary N) is 1. The second-order valence-electron chi connectivity index (χ2n) is 3.95. The summed E-state index contributed by atoms with van der Waals surface area (Å²) in [5.74, 6) is 0.882. The fourth-order valence-electron chi connectivity index (χ4n) is 2.05. The highest BCUT2D eigenvalue weighted by molar-refractivity contribution is 8.00. The van der Waals surface area contributed by atoms with Crippen LogP contribution in [0.25, 0.3) is 0 Å². The summed E-state index contributed by atoms with van der Waals surface area (Å²) in [6, 6.07) is 10.1. The molecule has 1 aliphatic rings. The van der Waals surface area contributed by atoms with Gasteiger partial charge in [-0.1, -0.05) is 30.3 Å². The molecule has 0 amide bonds. The van der Waals surface area contributed by atoms with Crippen LogP contribution in [0.4, 0.5) is 0 Å². The zero-order chi connectivity index (χ0) is 12.1. The number of carbonyl (C=O) groups is 1. The maximum Gasteiger partial charge on any atom is 0.308 e. The van der Waals surface area contributed by atoms with Crippen molar-refractivity contribution in [2.45, 2.75) is 18.2 Å². The van der Waals surface area contributed by atoms with Crippen LogP contribution in [0.2, 0.25) is 0 Å². The van der Waals surface area contributed by atoms with Gasteiger partial charge in [0.25, 0.3) is 0 Å².